The SMILES string of the molecule is Cc1cccc(COC(=O)c2c3ccc(OCC#N)cc3n3ccccc23)c1. The van der Waals surface area contributed by atoms with E-state index < -0.39 is 0 Å². The number of carbonyl (C=O) groups excluding carboxylic acids is 1. The van der Waals surface area contributed by atoms with Crippen LogP contribution in [0.2, 0.25) is 0 Å². The van der Waals surface area contributed by atoms with E-state index in [4.69, 9.17) is 14.7 Å². The molecule has 0 N–H and O–H groups in total. The molecule has 0 saturated heterocycles. The molecule has 138 valence electrons. The van der Waals surface area contributed by atoms with Crippen molar-refractivity contribution in [3.05, 3.63) is 83.6 Å². The standard InChI is InChI=1S/C23H18N2O3/c1-16-5-4-6-17(13-16)15-28-23(26)22-19-9-8-18(27-12-10-24)14-21(19)25-11-3-2-7-20(22)25/h2-9,11,13-14H,12,15H2,1H3. The van der Waals surface area contributed by atoms with Gasteiger partial charge in [-0.1, -0.05) is 35.9 Å². The maximum absolute atomic E-state index is 12.9. The number of aromatic nitrogens is 1. The normalized spacial score (nSPS) is 10.7. The lowest BCUT2D eigenvalue weighted by molar-refractivity contribution is 0.0477. The van der Waals surface area contributed by atoms with Crippen LogP contribution in [0, 0.1) is 18.3 Å². The van der Waals surface area contributed by atoms with Crippen molar-refractivity contribution in [2.24, 2.45) is 0 Å². The Morgan fingerprint density at radius 1 is 1.07 bits per heavy atom. The zero-order valence-electron chi connectivity index (χ0n) is 15.4. The quantitative estimate of drug-likeness (QED) is 0.479. The third-order valence-corrected chi connectivity index (χ3v) is 4.57. The summed E-state index contributed by atoms with van der Waals surface area (Å²) >= 11 is 0. The van der Waals surface area contributed by atoms with Gasteiger partial charge in [0, 0.05) is 17.6 Å². The number of rotatable bonds is 5. The fourth-order valence-corrected chi connectivity index (χ4v) is 3.36. The van der Waals surface area contributed by atoms with E-state index in [-0.39, 0.29) is 19.2 Å². The van der Waals surface area contributed by atoms with E-state index in [2.05, 4.69) is 0 Å². The maximum atomic E-state index is 12.9. The lowest BCUT2D eigenvalue weighted by Gasteiger charge is -2.06. The molecule has 0 saturated carbocycles. The molecule has 5 nitrogen and oxygen atoms in total. The number of esters is 1. The van der Waals surface area contributed by atoms with Crippen LogP contribution in [0.1, 0.15) is 21.5 Å². The summed E-state index contributed by atoms with van der Waals surface area (Å²) in [7, 11) is 0. The van der Waals surface area contributed by atoms with Gasteiger partial charge in [0.15, 0.2) is 6.61 Å². The molecule has 0 spiro atoms. The van der Waals surface area contributed by atoms with Gasteiger partial charge >= 0.3 is 5.97 Å². The Kier molecular flexibility index (Phi) is 4.69. The first kappa shape index (κ1) is 17.6. The highest BCUT2D eigenvalue weighted by atomic mass is 16.5. The summed E-state index contributed by atoms with van der Waals surface area (Å²) in [6.45, 7) is 2.20. The van der Waals surface area contributed by atoms with Crippen LogP contribution in [0.25, 0.3) is 16.4 Å². The van der Waals surface area contributed by atoms with Crippen LogP contribution in [0.15, 0.2) is 66.9 Å². The monoisotopic (exact) mass is 370 g/mol. The Morgan fingerprint density at radius 2 is 1.96 bits per heavy atom. The van der Waals surface area contributed by atoms with E-state index >= 15 is 0 Å². The molecular weight excluding hydrogens is 352 g/mol. The number of carbonyl (C=O) groups is 1. The van der Waals surface area contributed by atoms with Gasteiger partial charge in [0.25, 0.3) is 0 Å². The number of fused-ring (bicyclic) bond motifs is 3. The van der Waals surface area contributed by atoms with E-state index in [1.165, 1.54) is 0 Å². The average Bonchev–Trinajstić information content (AvgIpc) is 3.04. The molecule has 0 aliphatic carbocycles. The molecule has 28 heavy (non-hydrogen) atoms. The van der Waals surface area contributed by atoms with Crippen molar-refractivity contribution in [2.45, 2.75) is 13.5 Å². The molecule has 0 amide bonds. The second-order valence-electron chi connectivity index (χ2n) is 6.52. The summed E-state index contributed by atoms with van der Waals surface area (Å²) in [5.74, 6) is 0.211. The first-order valence-corrected chi connectivity index (χ1v) is 8.92. The summed E-state index contributed by atoms with van der Waals surface area (Å²) < 4.78 is 12.9. The third kappa shape index (κ3) is 3.28. The number of hydrogen-bond acceptors (Lipinski definition) is 4. The average molecular weight is 370 g/mol. The van der Waals surface area contributed by atoms with Gasteiger partial charge in [0.05, 0.1) is 16.6 Å². The largest absolute Gasteiger partial charge is 0.479 e. The highest BCUT2D eigenvalue weighted by Gasteiger charge is 2.20. The van der Waals surface area contributed by atoms with E-state index in [1.54, 1.807) is 6.07 Å². The Balaban J connectivity index is 1.72. The molecule has 2 aromatic heterocycles. The van der Waals surface area contributed by atoms with Crippen LogP contribution >= 0.6 is 0 Å². The smallest absolute Gasteiger partial charge is 0.341 e. The van der Waals surface area contributed by atoms with Crippen LogP contribution in [0.3, 0.4) is 0 Å². The highest BCUT2D eigenvalue weighted by molar-refractivity contribution is 6.11. The van der Waals surface area contributed by atoms with Gasteiger partial charge in [-0.05, 0) is 36.8 Å². The number of nitriles is 1. The van der Waals surface area contributed by atoms with Gasteiger partial charge in [0.1, 0.15) is 18.4 Å². The minimum atomic E-state index is -0.370. The summed E-state index contributed by atoms with van der Waals surface area (Å²) in [5, 5.41) is 9.50. The number of aryl methyl sites for hydroxylation is 1. The van der Waals surface area contributed by atoms with Crippen molar-refractivity contribution in [1.82, 2.24) is 4.40 Å². The van der Waals surface area contributed by atoms with Crippen LogP contribution in [-0.4, -0.2) is 17.0 Å². The molecule has 0 atom stereocenters. The van der Waals surface area contributed by atoms with E-state index in [0.29, 0.717) is 11.3 Å². The molecule has 0 bridgehead atoms. The lowest BCUT2D eigenvalue weighted by atomic mass is 10.1. The van der Waals surface area contributed by atoms with E-state index in [0.717, 1.165) is 27.5 Å². The first-order valence-electron chi connectivity index (χ1n) is 8.92. The predicted octanol–water partition coefficient (Wildman–Crippen LogP) is 4.66. The third-order valence-electron chi connectivity index (χ3n) is 4.57. The second kappa shape index (κ2) is 7.45. The minimum absolute atomic E-state index is 0.0276. The highest BCUT2D eigenvalue weighted by Crippen LogP contribution is 2.30. The summed E-state index contributed by atoms with van der Waals surface area (Å²) in [4.78, 5) is 12.9. The number of nitrogens with zero attached hydrogens (tertiary/aromatic N) is 2. The van der Waals surface area contributed by atoms with Crippen molar-refractivity contribution in [2.75, 3.05) is 6.61 Å². The molecule has 0 aliphatic rings. The maximum Gasteiger partial charge on any atom is 0.341 e. The van der Waals surface area contributed by atoms with Crippen molar-refractivity contribution in [3.8, 4) is 11.8 Å². The second-order valence-corrected chi connectivity index (χ2v) is 6.52. The Labute approximate surface area is 162 Å². The fraction of sp³-hybridized carbons (Fsp3) is 0.130. The van der Waals surface area contributed by atoms with Crippen LogP contribution in [-0.2, 0) is 11.3 Å². The van der Waals surface area contributed by atoms with Gasteiger partial charge in [-0.15, -0.1) is 0 Å². The number of benzene rings is 2. The Bertz CT molecular complexity index is 1220. The van der Waals surface area contributed by atoms with E-state index in [1.807, 2.05) is 78.2 Å². The Morgan fingerprint density at radius 3 is 2.79 bits per heavy atom. The summed E-state index contributed by atoms with van der Waals surface area (Å²) in [6.07, 6.45) is 1.89. The number of hydrogen-bond donors (Lipinski definition) is 0. The Hall–Kier alpha value is -3.78. The van der Waals surface area contributed by atoms with Crippen molar-refractivity contribution < 1.29 is 14.3 Å². The molecule has 0 unspecified atom stereocenters. The van der Waals surface area contributed by atoms with Crippen LogP contribution in [0.5, 0.6) is 5.75 Å². The fourth-order valence-electron chi connectivity index (χ4n) is 3.36. The van der Waals surface area contributed by atoms with Gasteiger partial charge in [-0.2, -0.15) is 5.26 Å². The van der Waals surface area contributed by atoms with Gasteiger partial charge in [0.2, 0.25) is 0 Å². The molecular formula is C23H18N2O3. The summed E-state index contributed by atoms with van der Waals surface area (Å²) in [5.41, 5.74) is 4.19. The van der Waals surface area contributed by atoms with Gasteiger partial charge in [-0.25, -0.2) is 4.79 Å². The number of ether oxygens (including phenoxy) is 2. The summed E-state index contributed by atoms with van der Waals surface area (Å²) in [6, 6.07) is 21.0. The zero-order valence-corrected chi connectivity index (χ0v) is 15.4. The van der Waals surface area contributed by atoms with Crippen molar-refractivity contribution >= 4 is 22.4 Å². The molecule has 4 rings (SSSR count). The zero-order chi connectivity index (χ0) is 19.5. The molecule has 4 aromatic rings. The van der Waals surface area contributed by atoms with Gasteiger partial charge in [-0.3, -0.25) is 0 Å². The number of pyridine rings is 1. The van der Waals surface area contributed by atoms with E-state index in [9.17, 15) is 4.79 Å². The molecule has 0 aliphatic heterocycles. The van der Waals surface area contributed by atoms with Crippen molar-refractivity contribution in [1.29, 1.82) is 5.26 Å². The molecule has 0 radical (unpaired) electrons. The molecule has 2 heterocycles. The van der Waals surface area contributed by atoms with Crippen molar-refractivity contribution in [3.63, 3.8) is 0 Å². The molecule has 2 aromatic carbocycles. The van der Waals surface area contributed by atoms with Crippen LogP contribution < -0.4 is 4.74 Å². The van der Waals surface area contributed by atoms with Crippen LogP contribution in [0.4, 0.5) is 0 Å². The topological polar surface area (TPSA) is 63.7 Å². The minimum Gasteiger partial charge on any atom is -0.479 e. The van der Waals surface area contributed by atoms with Gasteiger partial charge < -0.3 is 13.9 Å². The molecule has 0 fully saturated rings. The predicted molar refractivity (Wildman–Crippen MR) is 106 cm³/mol. The first-order chi connectivity index (χ1) is 13.7. The lowest BCUT2D eigenvalue weighted by Crippen LogP contribution is -2.05. The molecule has 5 heteroatoms.